The Bertz CT molecular complexity index is 2020. The number of carboxylic acids is 2. The van der Waals surface area contributed by atoms with Crippen molar-refractivity contribution in [2.24, 2.45) is 0 Å². The molecular formula is C38H33F5N2O8. The van der Waals surface area contributed by atoms with Gasteiger partial charge in [0.25, 0.3) is 11.8 Å². The molecule has 0 aromatic heterocycles. The first-order valence-corrected chi connectivity index (χ1v) is 16.0. The monoisotopic (exact) mass is 740 g/mol. The molecule has 15 heteroatoms. The van der Waals surface area contributed by atoms with E-state index in [0.717, 1.165) is 31.3 Å². The smallest absolute Gasteiger partial charge is 0.416 e. The summed E-state index contributed by atoms with van der Waals surface area (Å²) < 4.78 is 77.0. The summed E-state index contributed by atoms with van der Waals surface area (Å²) >= 11 is 0. The Balaban J connectivity index is 1.77. The lowest BCUT2D eigenvalue weighted by Crippen LogP contribution is -2.40. The molecule has 4 aromatic rings. The molecule has 0 aliphatic heterocycles. The van der Waals surface area contributed by atoms with Gasteiger partial charge in [0.15, 0.2) is 0 Å². The highest BCUT2D eigenvalue weighted by Gasteiger charge is 2.45. The first-order valence-electron chi connectivity index (χ1n) is 16.0. The topological polar surface area (TPSA) is 159 Å². The molecule has 0 saturated heterocycles. The van der Waals surface area contributed by atoms with E-state index in [1.807, 2.05) is 0 Å². The van der Waals surface area contributed by atoms with E-state index in [2.05, 4.69) is 10.6 Å². The minimum atomic E-state index is -4.62. The number of aliphatic carboxylic acids is 2. The third-order valence-electron chi connectivity index (χ3n) is 8.60. The molecule has 0 spiro atoms. The van der Waals surface area contributed by atoms with Gasteiger partial charge in [-0.2, -0.15) is 13.2 Å². The van der Waals surface area contributed by atoms with Gasteiger partial charge in [-0.25, -0.2) is 8.78 Å². The van der Waals surface area contributed by atoms with Gasteiger partial charge in [-0.05, 0) is 60.7 Å². The van der Waals surface area contributed by atoms with E-state index in [1.165, 1.54) is 55.5 Å². The zero-order valence-electron chi connectivity index (χ0n) is 28.2. The molecule has 278 valence electrons. The number of rotatable bonds is 14. The maximum absolute atomic E-state index is 16.4. The van der Waals surface area contributed by atoms with Crippen LogP contribution in [0.3, 0.4) is 0 Å². The molecule has 0 bridgehead atoms. The maximum Gasteiger partial charge on any atom is 0.416 e. The molecule has 53 heavy (non-hydrogen) atoms. The normalized spacial score (nSPS) is 13.0. The zero-order valence-corrected chi connectivity index (χ0v) is 28.2. The number of esters is 1. The molecule has 2 unspecified atom stereocenters. The van der Waals surface area contributed by atoms with Crippen LogP contribution in [-0.2, 0) is 30.7 Å². The van der Waals surface area contributed by atoms with Crippen LogP contribution in [0.2, 0.25) is 0 Å². The molecule has 4 N–H and O–H groups in total. The lowest BCUT2D eigenvalue weighted by atomic mass is 9.72. The van der Waals surface area contributed by atoms with Crippen LogP contribution in [0.1, 0.15) is 69.5 Å². The van der Waals surface area contributed by atoms with E-state index in [0.29, 0.717) is 6.07 Å². The standard InChI is InChI=1S/C38H33F5N2O8/c1-3-53-36(52)37(20-29(46)47,22-9-5-4-6-10-22)18-17-26(35(50)51)30-27(39)19-28(31(32(30)40)34(49)44-2)45-33(48)25-12-8-7-11-24(25)21-13-15-23(16-14-21)38(41,42)43/h4-16,19,26H,3,17-18,20H2,1-2H3,(H,44,49)(H,45,48)(H,46,47)(H,50,51). The summed E-state index contributed by atoms with van der Waals surface area (Å²) in [5, 5.41) is 24.4. The predicted octanol–water partition coefficient (Wildman–Crippen LogP) is 7.19. The van der Waals surface area contributed by atoms with Crippen molar-refractivity contribution in [2.75, 3.05) is 19.0 Å². The van der Waals surface area contributed by atoms with E-state index in [1.54, 1.807) is 6.07 Å². The second kappa shape index (κ2) is 16.5. The van der Waals surface area contributed by atoms with Crippen molar-refractivity contribution < 1.29 is 60.9 Å². The lowest BCUT2D eigenvalue weighted by molar-refractivity contribution is -0.156. The van der Waals surface area contributed by atoms with Gasteiger partial charge < -0.3 is 25.6 Å². The van der Waals surface area contributed by atoms with Crippen LogP contribution >= 0.6 is 0 Å². The highest BCUT2D eigenvalue weighted by Crippen LogP contribution is 2.40. The van der Waals surface area contributed by atoms with Crippen LogP contribution < -0.4 is 10.6 Å². The number of benzene rings is 4. The summed E-state index contributed by atoms with van der Waals surface area (Å²) in [4.78, 5) is 64.6. The number of halogens is 5. The molecule has 0 saturated carbocycles. The Morgan fingerprint density at radius 1 is 0.830 bits per heavy atom. The summed E-state index contributed by atoms with van der Waals surface area (Å²) in [5.74, 6) is -11.6. The van der Waals surface area contributed by atoms with Crippen molar-refractivity contribution in [3.8, 4) is 11.1 Å². The molecule has 0 fully saturated rings. The highest BCUT2D eigenvalue weighted by molar-refractivity contribution is 6.12. The van der Waals surface area contributed by atoms with Crippen molar-refractivity contribution in [1.29, 1.82) is 0 Å². The van der Waals surface area contributed by atoms with Gasteiger partial charge >= 0.3 is 24.1 Å². The molecule has 4 aromatic carbocycles. The predicted molar refractivity (Wildman–Crippen MR) is 181 cm³/mol. The van der Waals surface area contributed by atoms with E-state index in [4.69, 9.17) is 4.74 Å². The van der Waals surface area contributed by atoms with Crippen LogP contribution in [0.25, 0.3) is 11.1 Å². The van der Waals surface area contributed by atoms with Crippen molar-refractivity contribution in [3.05, 3.63) is 124 Å². The van der Waals surface area contributed by atoms with Gasteiger partial charge in [0, 0.05) is 18.2 Å². The van der Waals surface area contributed by atoms with Crippen LogP contribution in [0.15, 0.2) is 84.9 Å². The van der Waals surface area contributed by atoms with Crippen LogP contribution in [0.5, 0.6) is 0 Å². The number of nitrogens with one attached hydrogen (secondary N) is 2. The van der Waals surface area contributed by atoms with Crippen molar-refractivity contribution in [1.82, 2.24) is 5.32 Å². The van der Waals surface area contributed by atoms with Crippen molar-refractivity contribution >= 4 is 35.4 Å². The van der Waals surface area contributed by atoms with Gasteiger partial charge in [0.1, 0.15) is 17.0 Å². The fourth-order valence-corrected chi connectivity index (χ4v) is 6.05. The number of ether oxygens (including phenoxy) is 1. The third-order valence-corrected chi connectivity index (χ3v) is 8.60. The second-order valence-corrected chi connectivity index (χ2v) is 11.8. The number of alkyl halides is 3. The molecule has 4 rings (SSSR count). The fraction of sp³-hybridized carbons (Fsp3) is 0.237. The van der Waals surface area contributed by atoms with Gasteiger partial charge in [0.2, 0.25) is 0 Å². The Labute approximate surface area is 299 Å². The lowest BCUT2D eigenvalue weighted by Gasteiger charge is -2.32. The molecule has 0 aliphatic rings. The molecule has 2 amide bonds. The Morgan fingerprint density at radius 2 is 1.45 bits per heavy atom. The van der Waals surface area contributed by atoms with Gasteiger partial charge in [-0.1, -0.05) is 60.7 Å². The summed E-state index contributed by atoms with van der Waals surface area (Å²) in [6.07, 6.45) is -6.73. The minimum Gasteiger partial charge on any atom is -0.481 e. The summed E-state index contributed by atoms with van der Waals surface area (Å²) in [5.41, 5.74) is -5.28. The fourth-order valence-electron chi connectivity index (χ4n) is 6.05. The van der Waals surface area contributed by atoms with Crippen molar-refractivity contribution in [3.63, 3.8) is 0 Å². The number of carbonyl (C=O) groups excluding carboxylic acids is 3. The first-order chi connectivity index (χ1) is 25.0. The number of hydrogen-bond acceptors (Lipinski definition) is 6. The molecule has 2 atom stereocenters. The number of carbonyl (C=O) groups is 5. The number of amides is 2. The molecule has 0 heterocycles. The third kappa shape index (κ3) is 8.68. The van der Waals surface area contributed by atoms with Gasteiger partial charge in [-0.15, -0.1) is 0 Å². The largest absolute Gasteiger partial charge is 0.481 e. The first kappa shape index (κ1) is 39.7. The maximum atomic E-state index is 16.4. The SMILES string of the molecule is CCOC(=O)C(CCC(C(=O)O)c1c(F)cc(NC(=O)c2ccccc2-c2ccc(C(F)(F)F)cc2)c(C(=O)NC)c1F)(CC(=O)O)c1ccccc1. The Hall–Kier alpha value is -6.12. The highest BCUT2D eigenvalue weighted by atomic mass is 19.4. The Morgan fingerprint density at radius 3 is 2.02 bits per heavy atom. The van der Waals surface area contributed by atoms with Crippen LogP contribution in [0.4, 0.5) is 27.6 Å². The van der Waals surface area contributed by atoms with Gasteiger partial charge in [-0.3, -0.25) is 24.0 Å². The second-order valence-electron chi connectivity index (χ2n) is 11.8. The van der Waals surface area contributed by atoms with Crippen LogP contribution in [-0.4, -0.2) is 53.6 Å². The van der Waals surface area contributed by atoms with E-state index >= 15 is 8.78 Å². The average molecular weight is 741 g/mol. The summed E-state index contributed by atoms with van der Waals surface area (Å²) in [6.45, 7) is 1.32. The zero-order chi connectivity index (χ0) is 39.1. The van der Waals surface area contributed by atoms with E-state index < -0.39 is 101 Å². The number of carboxylic acid groups (broad SMARTS) is 2. The molecule has 0 radical (unpaired) electrons. The number of anilines is 1. The minimum absolute atomic E-state index is 0.141. The molecular weight excluding hydrogens is 707 g/mol. The van der Waals surface area contributed by atoms with Gasteiger partial charge in [0.05, 0.1) is 35.8 Å². The summed E-state index contributed by atoms with van der Waals surface area (Å²) in [7, 11) is 1.10. The van der Waals surface area contributed by atoms with Crippen molar-refractivity contribution in [2.45, 2.75) is 43.7 Å². The average Bonchev–Trinajstić information content (AvgIpc) is 3.11. The quantitative estimate of drug-likeness (QED) is 0.0782. The van der Waals surface area contributed by atoms with E-state index in [-0.39, 0.29) is 28.9 Å². The summed E-state index contributed by atoms with van der Waals surface area (Å²) in [6, 6.07) is 17.6. The van der Waals surface area contributed by atoms with E-state index in [9.17, 15) is 47.4 Å². The molecule has 10 nitrogen and oxygen atoms in total. The van der Waals surface area contributed by atoms with Crippen LogP contribution in [0, 0.1) is 11.6 Å². The number of hydrogen-bond donors (Lipinski definition) is 4. The Kier molecular flexibility index (Phi) is 12.3. The molecule has 0 aliphatic carbocycles.